The Bertz CT molecular complexity index is 1220. The maximum Gasteiger partial charge on any atom is 0.255 e. The smallest absolute Gasteiger partial charge is 0.255 e. The Morgan fingerprint density at radius 2 is 1.75 bits per heavy atom. The minimum atomic E-state index is -0.126. The molecule has 3 aromatic rings. The minimum absolute atomic E-state index is 0.0681. The maximum absolute atomic E-state index is 13.4. The Hall–Kier alpha value is -3.38. The lowest BCUT2D eigenvalue weighted by molar-refractivity contribution is 0.0723. The molecule has 0 radical (unpaired) electrons. The van der Waals surface area contributed by atoms with E-state index in [9.17, 15) is 9.59 Å². The summed E-state index contributed by atoms with van der Waals surface area (Å²) in [5.74, 6) is 1.24. The lowest BCUT2D eigenvalue weighted by atomic mass is 9.91. The fourth-order valence-electron chi connectivity index (χ4n) is 4.93. The summed E-state index contributed by atoms with van der Waals surface area (Å²) in [5, 5.41) is 0. The van der Waals surface area contributed by atoms with Gasteiger partial charge in [0.15, 0.2) is 0 Å². The van der Waals surface area contributed by atoms with Crippen LogP contribution in [0.15, 0.2) is 71.7 Å². The second-order valence-electron chi connectivity index (χ2n) is 9.90. The van der Waals surface area contributed by atoms with Gasteiger partial charge in [0.05, 0.1) is 12.1 Å². The number of aromatic nitrogens is 1. The molecular weight excluding hydrogens is 450 g/mol. The van der Waals surface area contributed by atoms with Gasteiger partial charge < -0.3 is 19.1 Å². The summed E-state index contributed by atoms with van der Waals surface area (Å²) in [6, 6.07) is 20.1. The van der Waals surface area contributed by atoms with Crippen molar-refractivity contribution in [3.63, 3.8) is 0 Å². The fraction of sp³-hybridized carbons (Fsp3) is 0.400. The van der Waals surface area contributed by atoms with Gasteiger partial charge in [-0.2, -0.15) is 0 Å². The van der Waals surface area contributed by atoms with Crippen molar-refractivity contribution in [1.82, 2.24) is 14.4 Å². The highest BCUT2D eigenvalue weighted by Gasteiger charge is 2.20. The van der Waals surface area contributed by atoms with Gasteiger partial charge in [-0.15, -0.1) is 0 Å². The monoisotopic (exact) mass is 487 g/mol. The van der Waals surface area contributed by atoms with Crippen LogP contribution in [0.2, 0.25) is 0 Å². The number of hydrogen-bond acceptors (Lipinski definition) is 4. The first-order valence-electron chi connectivity index (χ1n) is 12.8. The molecule has 4 rings (SSSR count). The number of pyridine rings is 1. The van der Waals surface area contributed by atoms with E-state index >= 15 is 0 Å². The highest BCUT2D eigenvalue weighted by molar-refractivity contribution is 5.93. The molecule has 6 nitrogen and oxygen atoms in total. The van der Waals surface area contributed by atoms with Crippen molar-refractivity contribution in [2.24, 2.45) is 7.05 Å². The third-order valence-electron chi connectivity index (χ3n) is 7.01. The first-order valence-corrected chi connectivity index (χ1v) is 12.8. The Morgan fingerprint density at radius 3 is 2.53 bits per heavy atom. The second kappa shape index (κ2) is 12.0. The van der Waals surface area contributed by atoms with Gasteiger partial charge in [-0.1, -0.05) is 48.0 Å². The molecule has 190 valence electrons. The number of aryl methyl sites for hydroxylation is 2. The number of ether oxygens (including phenoxy) is 1. The predicted molar refractivity (Wildman–Crippen MR) is 144 cm³/mol. The highest BCUT2D eigenvalue weighted by Crippen LogP contribution is 2.27. The van der Waals surface area contributed by atoms with Crippen LogP contribution in [0.4, 0.5) is 0 Å². The van der Waals surface area contributed by atoms with Gasteiger partial charge in [0, 0.05) is 38.0 Å². The molecule has 2 heterocycles. The fourth-order valence-corrected chi connectivity index (χ4v) is 4.93. The van der Waals surface area contributed by atoms with Crippen LogP contribution in [0.1, 0.15) is 52.2 Å². The molecule has 1 unspecified atom stereocenters. The van der Waals surface area contributed by atoms with Crippen molar-refractivity contribution in [1.29, 1.82) is 0 Å². The van der Waals surface area contributed by atoms with Crippen molar-refractivity contribution in [3.8, 4) is 5.75 Å². The van der Waals surface area contributed by atoms with Crippen LogP contribution >= 0.6 is 0 Å². The van der Waals surface area contributed by atoms with E-state index < -0.39 is 0 Å². The van der Waals surface area contributed by atoms with E-state index in [-0.39, 0.29) is 11.5 Å². The van der Waals surface area contributed by atoms with Crippen molar-refractivity contribution in [2.45, 2.75) is 38.6 Å². The third kappa shape index (κ3) is 6.64. The lowest BCUT2D eigenvalue weighted by Gasteiger charge is -2.27. The number of amides is 1. The quantitative estimate of drug-likeness (QED) is 0.530. The van der Waals surface area contributed by atoms with E-state index in [0.717, 1.165) is 38.1 Å². The Kier molecular flexibility index (Phi) is 8.60. The zero-order valence-corrected chi connectivity index (χ0v) is 21.7. The summed E-state index contributed by atoms with van der Waals surface area (Å²) in [6.07, 6.45) is 4.58. The van der Waals surface area contributed by atoms with Gasteiger partial charge in [0.1, 0.15) is 12.4 Å². The summed E-state index contributed by atoms with van der Waals surface area (Å²) in [5.41, 5.74) is 4.13. The maximum atomic E-state index is 13.4. The van der Waals surface area contributed by atoms with E-state index in [1.54, 1.807) is 19.3 Å². The molecule has 0 saturated heterocycles. The second-order valence-corrected chi connectivity index (χ2v) is 9.90. The lowest BCUT2D eigenvalue weighted by Crippen LogP contribution is -2.36. The zero-order valence-electron chi connectivity index (χ0n) is 21.7. The molecule has 1 atom stereocenters. The molecule has 0 fully saturated rings. The molecule has 1 aliphatic rings. The average Bonchev–Trinajstić information content (AvgIpc) is 2.87. The van der Waals surface area contributed by atoms with E-state index in [4.69, 9.17) is 4.74 Å². The number of hydrogen-bond donors (Lipinski definition) is 0. The SMILES string of the molecule is Cc1ccc2c(c1)CN(C)CCC(c1ccccc1)CCCN(C(=O)c1ccc(=O)n(C)c1)CCO2. The van der Waals surface area contributed by atoms with Crippen molar-refractivity contribution < 1.29 is 9.53 Å². The number of fused-ring (bicyclic) bond motifs is 1. The van der Waals surface area contributed by atoms with Crippen molar-refractivity contribution >= 4 is 5.91 Å². The summed E-state index contributed by atoms with van der Waals surface area (Å²) in [6.45, 7) is 5.45. The molecule has 6 heteroatoms. The van der Waals surface area contributed by atoms with Crippen LogP contribution < -0.4 is 10.3 Å². The largest absolute Gasteiger partial charge is 0.491 e. The van der Waals surface area contributed by atoms with Gasteiger partial charge in [0.2, 0.25) is 5.56 Å². The van der Waals surface area contributed by atoms with E-state index in [2.05, 4.69) is 61.3 Å². The van der Waals surface area contributed by atoms with Gasteiger partial charge >= 0.3 is 0 Å². The minimum Gasteiger partial charge on any atom is -0.491 e. The van der Waals surface area contributed by atoms with Crippen LogP contribution in [0.3, 0.4) is 0 Å². The molecule has 0 saturated carbocycles. The Balaban J connectivity index is 1.59. The molecule has 0 bridgehead atoms. The molecular formula is C30H37N3O3. The predicted octanol–water partition coefficient (Wildman–Crippen LogP) is 4.61. The van der Waals surface area contributed by atoms with Gasteiger partial charge in [0.25, 0.3) is 5.91 Å². The summed E-state index contributed by atoms with van der Waals surface area (Å²) in [7, 11) is 3.85. The molecule has 1 aromatic heterocycles. The number of rotatable bonds is 2. The topological polar surface area (TPSA) is 54.8 Å². The number of nitrogens with zero attached hydrogens (tertiary/aromatic N) is 3. The summed E-state index contributed by atoms with van der Waals surface area (Å²) < 4.78 is 7.66. The molecule has 0 aliphatic carbocycles. The van der Waals surface area contributed by atoms with E-state index in [0.29, 0.717) is 31.2 Å². The number of carbonyl (C=O) groups excluding carboxylic acids is 1. The normalized spacial score (nSPS) is 18.1. The first-order chi connectivity index (χ1) is 17.4. The number of benzene rings is 2. The van der Waals surface area contributed by atoms with E-state index in [1.807, 2.05) is 11.0 Å². The van der Waals surface area contributed by atoms with Crippen LogP contribution in [0, 0.1) is 6.92 Å². The molecule has 1 aliphatic heterocycles. The highest BCUT2D eigenvalue weighted by atomic mass is 16.5. The van der Waals surface area contributed by atoms with E-state index in [1.165, 1.54) is 27.3 Å². The Morgan fingerprint density at radius 1 is 0.944 bits per heavy atom. The summed E-state index contributed by atoms with van der Waals surface area (Å²) >= 11 is 0. The van der Waals surface area contributed by atoms with Crippen molar-refractivity contribution in [2.75, 3.05) is 33.3 Å². The molecule has 2 aromatic carbocycles. The standard InChI is InChI=1S/C30H37N3O3/c1-23-11-13-28-27(20-23)21-31(2)17-15-25(24-8-5-4-6-9-24)10-7-16-33(18-19-36-28)30(35)26-12-14-29(34)32(3)22-26/h4-6,8-9,11-14,20,22,25H,7,10,15-19,21H2,1-3H3. The van der Waals surface area contributed by atoms with Gasteiger partial charge in [-0.3, -0.25) is 9.59 Å². The first kappa shape index (κ1) is 25.7. The van der Waals surface area contributed by atoms with Crippen LogP contribution in [0.5, 0.6) is 5.75 Å². The van der Waals surface area contributed by atoms with Crippen molar-refractivity contribution in [3.05, 3.63) is 99.5 Å². The van der Waals surface area contributed by atoms with Crippen LogP contribution in [0.25, 0.3) is 0 Å². The third-order valence-corrected chi connectivity index (χ3v) is 7.01. The van der Waals surface area contributed by atoms with Gasteiger partial charge in [-0.05, 0) is 63.4 Å². The summed E-state index contributed by atoms with van der Waals surface area (Å²) in [4.78, 5) is 29.5. The van der Waals surface area contributed by atoms with Gasteiger partial charge in [-0.25, -0.2) is 0 Å². The Labute approximate surface area is 214 Å². The molecule has 0 spiro atoms. The van der Waals surface area contributed by atoms with Crippen LogP contribution in [-0.4, -0.2) is 53.6 Å². The average molecular weight is 488 g/mol. The molecule has 36 heavy (non-hydrogen) atoms. The molecule has 1 amide bonds. The number of carbonyl (C=O) groups is 1. The zero-order chi connectivity index (χ0) is 25.5. The molecule has 0 N–H and O–H groups in total. The van der Waals surface area contributed by atoms with Crippen LogP contribution in [-0.2, 0) is 13.6 Å².